The lowest BCUT2D eigenvalue weighted by molar-refractivity contribution is 0.403. The topological polar surface area (TPSA) is 105 Å². The predicted octanol–water partition coefficient (Wildman–Crippen LogP) is 3.73. The van der Waals surface area contributed by atoms with Crippen molar-refractivity contribution in [1.82, 2.24) is 0 Å². The highest BCUT2D eigenvalue weighted by molar-refractivity contribution is 5.54. The first-order chi connectivity index (χ1) is 12.5. The van der Waals surface area contributed by atoms with Gasteiger partial charge in [-0.3, -0.25) is 0 Å². The lowest BCUT2D eigenvalue weighted by Gasteiger charge is -2.10. The van der Waals surface area contributed by atoms with Crippen molar-refractivity contribution in [3.8, 4) is 23.0 Å². The van der Waals surface area contributed by atoms with Gasteiger partial charge < -0.3 is 31.1 Å². The Kier molecular flexibility index (Phi) is 5.03. The third kappa shape index (κ3) is 4.30. The van der Waals surface area contributed by atoms with E-state index in [2.05, 4.69) is 10.6 Å². The van der Waals surface area contributed by atoms with Crippen LogP contribution < -0.4 is 10.6 Å². The van der Waals surface area contributed by atoms with Crippen LogP contribution in [0.15, 0.2) is 60.7 Å². The molecule has 0 fully saturated rings. The Morgan fingerprint density at radius 1 is 0.500 bits per heavy atom. The number of hydrogen-bond donors (Lipinski definition) is 6. The van der Waals surface area contributed by atoms with Gasteiger partial charge in [-0.15, -0.1) is 0 Å². The van der Waals surface area contributed by atoms with Crippen LogP contribution in [-0.2, 0) is 13.1 Å². The Hall–Kier alpha value is -3.54. The fourth-order valence-corrected chi connectivity index (χ4v) is 2.47. The number of phenols is 4. The number of benzene rings is 3. The van der Waals surface area contributed by atoms with E-state index in [-0.39, 0.29) is 23.0 Å². The van der Waals surface area contributed by atoms with Crippen molar-refractivity contribution in [2.45, 2.75) is 13.1 Å². The molecule has 0 unspecified atom stereocenters. The van der Waals surface area contributed by atoms with Crippen LogP contribution in [0, 0.1) is 0 Å². The van der Waals surface area contributed by atoms with E-state index in [9.17, 15) is 20.4 Å². The summed E-state index contributed by atoms with van der Waals surface area (Å²) in [5, 5.41) is 44.1. The molecule has 0 atom stereocenters. The first-order valence-electron chi connectivity index (χ1n) is 8.11. The van der Waals surface area contributed by atoms with Crippen molar-refractivity contribution in [2.24, 2.45) is 0 Å². The molecule has 0 bridgehead atoms. The molecule has 0 aliphatic heterocycles. The molecular weight excluding hydrogens is 332 g/mol. The Bertz CT molecular complexity index is 820. The third-order valence-corrected chi connectivity index (χ3v) is 3.96. The molecule has 0 heterocycles. The van der Waals surface area contributed by atoms with E-state index in [0.29, 0.717) is 13.1 Å². The van der Waals surface area contributed by atoms with E-state index < -0.39 is 0 Å². The number of hydrogen-bond acceptors (Lipinski definition) is 6. The van der Waals surface area contributed by atoms with Crippen molar-refractivity contribution in [2.75, 3.05) is 10.6 Å². The summed E-state index contributed by atoms with van der Waals surface area (Å²) in [6.45, 7) is 1.04. The lowest BCUT2D eigenvalue weighted by Crippen LogP contribution is -2.01. The van der Waals surface area contributed by atoms with Gasteiger partial charge in [0.05, 0.1) is 0 Å². The van der Waals surface area contributed by atoms with Crippen LogP contribution in [0.4, 0.5) is 11.4 Å². The van der Waals surface area contributed by atoms with E-state index in [1.165, 1.54) is 24.3 Å². The lowest BCUT2D eigenvalue weighted by atomic mass is 10.2. The molecule has 0 saturated carbocycles. The Morgan fingerprint density at radius 3 is 1.23 bits per heavy atom. The number of phenolic OH excluding ortho intramolecular Hbond substituents is 4. The molecule has 6 nitrogen and oxygen atoms in total. The van der Waals surface area contributed by atoms with Gasteiger partial charge in [0.2, 0.25) is 0 Å². The summed E-state index contributed by atoms with van der Waals surface area (Å²) in [6, 6.07) is 17.1. The van der Waals surface area contributed by atoms with Gasteiger partial charge in [-0.05, 0) is 59.7 Å². The molecule has 3 rings (SSSR count). The van der Waals surface area contributed by atoms with E-state index in [4.69, 9.17) is 0 Å². The minimum absolute atomic E-state index is 0.133. The smallest absolute Gasteiger partial charge is 0.157 e. The maximum atomic E-state index is 9.50. The van der Waals surface area contributed by atoms with Gasteiger partial charge in [0.25, 0.3) is 0 Å². The van der Waals surface area contributed by atoms with Gasteiger partial charge >= 0.3 is 0 Å². The van der Waals surface area contributed by atoms with Crippen molar-refractivity contribution in [3.63, 3.8) is 0 Å². The van der Waals surface area contributed by atoms with E-state index >= 15 is 0 Å². The first kappa shape index (κ1) is 17.3. The van der Waals surface area contributed by atoms with Crippen LogP contribution in [0.25, 0.3) is 0 Å². The van der Waals surface area contributed by atoms with Gasteiger partial charge in [-0.1, -0.05) is 12.1 Å². The molecule has 3 aromatic carbocycles. The van der Waals surface area contributed by atoms with Crippen LogP contribution in [0.2, 0.25) is 0 Å². The van der Waals surface area contributed by atoms with Crippen LogP contribution >= 0.6 is 0 Å². The largest absolute Gasteiger partial charge is 0.504 e. The van der Waals surface area contributed by atoms with E-state index in [1.807, 2.05) is 24.3 Å². The minimum Gasteiger partial charge on any atom is -0.504 e. The standard InChI is InChI=1S/C20H20N2O4/c23-17-7-1-13(9-19(17)25)11-21-15-3-5-16(6-4-15)22-12-14-2-8-18(24)20(26)10-14/h1-10,21-26H,11-12H2. The molecule has 0 aromatic heterocycles. The summed E-state index contributed by atoms with van der Waals surface area (Å²) < 4.78 is 0. The zero-order valence-electron chi connectivity index (χ0n) is 14.0. The Labute approximate surface area is 151 Å². The quantitative estimate of drug-likeness (QED) is 0.378. The fraction of sp³-hybridized carbons (Fsp3) is 0.100. The van der Waals surface area contributed by atoms with Crippen molar-refractivity contribution in [3.05, 3.63) is 71.8 Å². The molecule has 0 amide bonds. The highest BCUT2D eigenvalue weighted by Crippen LogP contribution is 2.26. The van der Waals surface area contributed by atoms with E-state index in [1.54, 1.807) is 12.1 Å². The number of anilines is 2. The first-order valence-corrected chi connectivity index (χ1v) is 8.11. The summed E-state index contributed by atoms with van der Waals surface area (Å²) in [7, 11) is 0. The molecule has 0 spiro atoms. The van der Waals surface area contributed by atoms with Crippen molar-refractivity contribution < 1.29 is 20.4 Å². The highest BCUT2D eigenvalue weighted by Gasteiger charge is 2.02. The molecular formula is C20H20N2O4. The molecule has 0 aliphatic carbocycles. The maximum Gasteiger partial charge on any atom is 0.157 e. The second-order valence-electron chi connectivity index (χ2n) is 5.93. The summed E-state index contributed by atoms with van der Waals surface area (Å²) in [4.78, 5) is 0. The Morgan fingerprint density at radius 2 is 0.885 bits per heavy atom. The second kappa shape index (κ2) is 7.57. The second-order valence-corrected chi connectivity index (χ2v) is 5.93. The highest BCUT2D eigenvalue weighted by atomic mass is 16.3. The Balaban J connectivity index is 1.54. The average molecular weight is 352 g/mol. The van der Waals surface area contributed by atoms with Gasteiger partial charge in [0.15, 0.2) is 23.0 Å². The molecule has 6 N–H and O–H groups in total. The number of aromatic hydroxyl groups is 4. The predicted molar refractivity (Wildman–Crippen MR) is 101 cm³/mol. The molecule has 0 aliphatic rings. The van der Waals surface area contributed by atoms with Gasteiger partial charge in [-0.2, -0.15) is 0 Å². The molecule has 134 valence electrons. The van der Waals surface area contributed by atoms with Crippen molar-refractivity contribution in [1.29, 1.82) is 0 Å². The van der Waals surface area contributed by atoms with Gasteiger partial charge in [0.1, 0.15) is 0 Å². The molecule has 0 radical (unpaired) electrons. The normalized spacial score (nSPS) is 10.5. The summed E-state index contributed by atoms with van der Waals surface area (Å²) >= 11 is 0. The molecule has 26 heavy (non-hydrogen) atoms. The average Bonchev–Trinajstić information content (AvgIpc) is 2.64. The zero-order valence-corrected chi connectivity index (χ0v) is 14.0. The zero-order chi connectivity index (χ0) is 18.5. The van der Waals surface area contributed by atoms with Crippen LogP contribution in [0.3, 0.4) is 0 Å². The summed E-state index contributed by atoms with van der Waals surface area (Å²) in [5.41, 5.74) is 3.56. The SMILES string of the molecule is Oc1ccc(CNc2ccc(NCc3ccc(O)c(O)c3)cc2)cc1O. The maximum absolute atomic E-state index is 9.50. The van der Waals surface area contributed by atoms with Crippen LogP contribution in [0.5, 0.6) is 23.0 Å². The molecule has 3 aromatic rings. The third-order valence-electron chi connectivity index (χ3n) is 3.96. The minimum atomic E-state index is -0.135. The molecule has 6 heteroatoms. The number of rotatable bonds is 6. The molecule has 0 saturated heterocycles. The van der Waals surface area contributed by atoms with Crippen LogP contribution in [-0.4, -0.2) is 20.4 Å². The van der Waals surface area contributed by atoms with Gasteiger partial charge in [-0.25, -0.2) is 0 Å². The van der Waals surface area contributed by atoms with Crippen molar-refractivity contribution >= 4 is 11.4 Å². The fourth-order valence-electron chi connectivity index (χ4n) is 2.47. The summed E-state index contributed by atoms with van der Waals surface area (Å²) in [6.07, 6.45) is 0. The van der Waals surface area contributed by atoms with Gasteiger partial charge in [0, 0.05) is 24.5 Å². The monoisotopic (exact) mass is 352 g/mol. The van der Waals surface area contributed by atoms with Crippen LogP contribution in [0.1, 0.15) is 11.1 Å². The summed E-state index contributed by atoms with van der Waals surface area (Å²) in [5.74, 6) is -0.537. The number of nitrogens with one attached hydrogen (secondary N) is 2. The van der Waals surface area contributed by atoms with E-state index in [0.717, 1.165) is 22.5 Å².